The first-order valence-electron chi connectivity index (χ1n) is 4.21. The summed E-state index contributed by atoms with van der Waals surface area (Å²) in [5, 5.41) is 0. The van der Waals surface area contributed by atoms with Gasteiger partial charge in [-0.3, -0.25) is 0 Å². The van der Waals surface area contributed by atoms with E-state index < -0.39 is 0 Å². The second kappa shape index (κ2) is 9.95. The molecular formula is C9H15N2Y2-. The van der Waals surface area contributed by atoms with Gasteiger partial charge in [-0.05, 0) is 18.8 Å². The Labute approximate surface area is 131 Å². The zero-order chi connectivity index (χ0) is 8.10. The van der Waals surface area contributed by atoms with Crippen molar-refractivity contribution in [1.82, 2.24) is 9.97 Å². The van der Waals surface area contributed by atoms with Gasteiger partial charge >= 0.3 is 0 Å². The summed E-state index contributed by atoms with van der Waals surface area (Å²) < 4.78 is 0. The molecule has 0 amide bonds. The largest absolute Gasteiger partial charge is 0.446 e. The minimum absolute atomic E-state index is 0. The van der Waals surface area contributed by atoms with Crippen LogP contribution in [0.25, 0.3) is 0 Å². The molecule has 0 spiro atoms. The number of aryl methyl sites for hydroxylation is 1. The van der Waals surface area contributed by atoms with E-state index in [1.54, 1.807) is 12.4 Å². The van der Waals surface area contributed by atoms with Crippen LogP contribution in [-0.4, -0.2) is 4.98 Å². The molecule has 13 heavy (non-hydrogen) atoms. The summed E-state index contributed by atoms with van der Waals surface area (Å²) in [6.07, 6.45) is 7.02. The molecule has 0 saturated carbocycles. The maximum Gasteiger partial charge on any atom is 0 e. The molecule has 0 aliphatic heterocycles. The third kappa shape index (κ3) is 8.41. The molecular weight excluding hydrogens is 314 g/mol. The summed E-state index contributed by atoms with van der Waals surface area (Å²) in [6, 6.07) is 0. The van der Waals surface area contributed by atoms with Gasteiger partial charge in [-0.2, -0.15) is 0 Å². The van der Waals surface area contributed by atoms with E-state index in [9.17, 15) is 0 Å². The number of hydrogen-bond donors (Lipinski definition) is 0. The Balaban J connectivity index is 0. The Morgan fingerprint density at radius 1 is 1.38 bits per heavy atom. The van der Waals surface area contributed by atoms with Crippen molar-refractivity contribution in [3.05, 3.63) is 18.2 Å². The topological polar surface area (TPSA) is 27.0 Å². The van der Waals surface area contributed by atoms with Gasteiger partial charge in [0, 0.05) is 65.4 Å². The van der Waals surface area contributed by atoms with Crippen LogP contribution in [0, 0.1) is 5.92 Å². The third-order valence-electron chi connectivity index (χ3n) is 1.70. The van der Waals surface area contributed by atoms with Crippen LogP contribution in [0.1, 0.15) is 32.5 Å². The molecule has 2 nitrogen and oxygen atoms in total. The molecule has 0 aromatic carbocycles. The van der Waals surface area contributed by atoms with E-state index in [1.165, 1.54) is 12.8 Å². The predicted molar refractivity (Wildman–Crippen MR) is 45.3 cm³/mol. The molecule has 0 N–H and O–H groups in total. The van der Waals surface area contributed by atoms with Crippen LogP contribution >= 0.6 is 0 Å². The maximum atomic E-state index is 4.10. The van der Waals surface area contributed by atoms with Crippen LogP contribution in [0.15, 0.2) is 12.4 Å². The van der Waals surface area contributed by atoms with Gasteiger partial charge in [0.1, 0.15) is 0 Å². The molecule has 2 radical (unpaired) electrons. The molecule has 1 aromatic heterocycles. The maximum absolute atomic E-state index is 4.10. The first-order chi connectivity index (χ1) is 5.29. The van der Waals surface area contributed by atoms with Crippen molar-refractivity contribution in [2.45, 2.75) is 33.1 Å². The van der Waals surface area contributed by atoms with Gasteiger partial charge in [-0.25, -0.2) is 0 Å². The fourth-order valence-corrected chi connectivity index (χ4v) is 1.07. The van der Waals surface area contributed by atoms with Gasteiger partial charge in [-0.15, -0.1) is 0 Å². The summed E-state index contributed by atoms with van der Waals surface area (Å²) >= 11 is 0. The minimum Gasteiger partial charge on any atom is -0.446 e. The van der Waals surface area contributed by atoms with Crippen molar-refractivity contribution in [3.8, 4) is 0 Å². The van der Waals surface area contributed by atoms with E-state index in [2.05, 4.69) is 23.8 Å². The molecule has 0 aliphatic carbocycles. The van der Waals surface area contributed by atoms with Crippen molar-refractivity contribution in [3.63, 3.8) is 0 Å². The van der Waals surface area contributed by atoms with Gasteiger partial charge < -0.3 is 9.97 Å². The Morgan fingerprint density at radius 2 is 2.08 bits per heavy atom. The van der Waals surface area contributed by atoms with Gasteiger partial charge in [0.05, 0.1) is 0 Å². The third-order valence-corrected chi connectivity index (χ3v) is 1.70. The molecule has 1 heterocycles. The van der Waals surface area contributed by atoms with Crippen molar-refractivity contribution < 1.29 is 65.4 Å². The summed E-state index contributed by atoms with van der Waals surface area (Å²) in [5.41, 5.74) is 0. The van der Waals surface area contributed by atoms with Crippen molar-refractivity contribution in [2.75, 3.05) is 0 Å². The Hall–Kier alpha value is 1.42. The molecule has 1 rings (SSSR count). The number of aromatic nitrogens is 2. The van der Waals surface area contributed by atoms with Gasteiger partial charge in [0.25, 0.3) is 0 Å². The zero-order valence-corrected chi connectivity index (χ0v) is 14.1. The van der Waals surface area contributed by atoms with E-state index in [4.69, 9.17) is 0 Å². The Morgan fingerprint density at radius 3 is 2.54 bits per heavy atom. The van der Waals surface area contributed by atoms with Gasteiger partial charge in [0.15, 0.2) is 0 Å². The molecule has 0 fully saturated rings. The van der Waals surface area contributed by atoms with Crippen LogP contribution < -0.4 is 4.98 Å². The average Bonchev–Trinajstić information content (AvgIpc) is 2.39. The van der Waals surface area contributed by atoms with E-state index in [1.807, 2.05) is 0 Å². The first-order valence-corrected chi connectivity index (χ1v) is 4.21. The van der Waals surface area contributed by atoms with E-state index in [-0.39, 0.29) is 65.4 Å². The number of rotatable bonds is 4. The smallest absolute Gasteiger partial charge is 0 e. The van der Waals surface area contributed by atoms with Gasteiger partial charge in [-0.1, -0.05) is 38.5 Å². The van der Waals surface area contributed by atoms with E-state index in [0.29, 0.717) is 0 Å². The standard InChI is InChI=1S/C9H15N2.2Y/c1-8(2)4-3-5-9-10-6-7-11-9;;/h6-8H,3-5H2,1-2H3;;/q-1;;. The summed E-state index contributed by atoms with van der Waals surface area (Å²) in [5.74, 6) is 1.79. The molecule has 68 valence electrons. The average molecular weight is 329 g/mol. The second-order valence-electron chi connectivity index (χ2n) is 3.26. The predicted octanol–water partition coefficient (Wildman–Crippen LogP) is 2.01. The van der Waals surface area contributed by atoms with Crippen LogP contribution in [0.4, 0.5) is 0 Å². The molecule has 0 atom stereocenters. The summed E-state index contributed by atoms with van der Waals surface area (Å²) in [6.45, 7) is 4.48. The van der Waals surface area contributed by atoms with Crippen molar-refractivity contribution in [2.24, 2.45) is 5.92 Å². The fraction of sp³-hybridized carbons (Fsp3) is 0.667. The minimum atomic E-state index is 0. The van der Waals surface area contributed by atoms with E-state index >= 15 is 0 Å². The SMILES string of the molecule is CC(C)CCCc1ncc[n-]1.[Y].[Y]. The second-order valence-corrected chi connectivity index (χ2v) is 3.26. The van der Waals surface area contributed by atoms with Crippen molar-refractivity contribution in [1.29, 1.82) is 0 Å². The fourth-order valence-electron chi connectivity index (χ4n) is 1.07. The van der Waals surface area contributed by atoms with Crippen LogP contribution in [0.2, 0.25) is 0 Å². The molecule has 1 aromatic rings. The Kier molecular flexibility index (Phi) is 12.9. The molecule has 0 aliphatic rings. The van der Waals surface area contributed by atoms with Gasteiger partial charge in [0.2, 0.25) is 0 Å². The molecule has 0 saturated heterocycles. The Bertz CT molecular complexity index is 186. The van der Waals surface area contributed by atoms with E-state index in [0.717, 1.165) is 18.2 Å². The summed E-state index contributed by atoms with van der Waals surface area (Å²) in [4.78, 5) is 8.20. The summed E-state index contributed by atoms with van der Waals surface area (Å²) in [7, 11) is 0. The number of hydrogen-bond acceptors (Lipinski definition) is 1. The molecule has 4 heteroatoms. The monoisotopic (exact) mass is 329 g/mol. The first kappa shape index (κ1) is 16.8. The van der Waals surface area contributed by atoms with Crippen LogP contribution in [0.5, 0.6) is 0 Å². The normalized spacial score (nSPS) is 9.15. The van der Waals surface area contributed by atoms with Crippen LogP contribution in [-0.2, 0) is 71.8 Å². The zero-order valence-electron chi connectivity index (χ0n) is 8.40. The van der Waals surface area contributed by atoms with Crippen molar-refractivity contribution >= 4 is 0 Å². The number of imidazole rings is 1. The number of nitrogens with zero attached hydrogens (tertiary/aromatic N) is 2. The van der Waals surface area contributed by atoms with Crippen LogP contribution in [0.3, 0.4) is 0 Å². The molecule has 0 unspecified atom stereocenters. The quantitative estimate of drug-likeness (QED) is 0.845. The molecule has 0 bridgehead atoms.